The van der Waals surface area contributed by atoms with Crippen molar-refractivity contribution in [3.05, 3.63) is 0 Å². The van der Waals surface area contributed by atoms with Gasteiger partial charge in [0.05, 0.1) is 6.61 Å². The van der Waals surface area contributed by atoms with Gasteiger partial charge < -0.3 is 9.47 Å². The number of rotatable bonds is 6. The van der Waals surface area contributed by atoms with Crippen LogP contribution in [-0.2, 0) is 19.1 Å². The summed E-state index contributed by atoms with van der Waals surface area (Å²) in [7, 11) is 0. The van der Waals surface area contributed by atoms with Gasteiger partial charge in [0.2, 0.25) is 0 Å². The number of hydrogen-bond donors (Lipinski definition) is 0. The summed E-state index contributed by atoms with van der Waals surface area (Å²) in [5.74, 6) is -0.333. The molecule has 1 aliphatic carbocycles. The van der Waals surface area contributed by atoms with Crippen LogP contribution in [0, 0.1) is 5.92 Å². The van der Waals surface area contributed by atoms with Crippen LogP contribution in [0.4, 0.5) is 0 Å². The highest BCUT2D eigenvalue weighted by Gasteiger charge is 2.30. The monoisotopic (exact) mass is 242 g/mol. The molecule has 0 N–H and O–H groups in total. The Morgan fingerprint density at radius 2 is 1.88 bits per heavy atom. The Bertz CT molecular complexity index is 256. The molecule has 0 aliphatic heterocycles. The van der Waals surface area contributed by atoms with Gasteiger partial charge in [-0.05, 0) is 19.8 Å². The molecular formula is C13H22O4. The van der Waals surface area contributed by atoms with Gasteiger partial charge in [0.15, 0.2) is 11.9 Å². The van der Waals surface area contributed by atoms with Crippen molar-refractivity contribution in [3.8, 4) is 0 Å². The molecule has 0 heterocycles. The smallest absolute Gasteiger partial charge is 0.303 e. The number of ketones is 1. The van der Waals surface area contributed by atoms with E-state index in [1.807, 2.05) is 6.92 Å². The summed E-state index contributed by atoms with van der Waals surface area (Å²) in [5, 5.41) is 0. The third-order valence-corrected chi connectivity index (χ3v) is 3.11. The lowest BCUT2D eigenvalue weighted by Crippen LogP contribution is -2.36. The number of esters is 1. The predicted molar refractivity (Wildman–Crippen MR) is 63.6 cm³/mol. The van der Waals surface area contributed by atoms with Crippen molar-refractivity contribution in [3.63, 3.8) is 0 Å². The zero-order valence-corrected chi connectivity index (χ0v) is 10.7. The Morgan fingerprint density at radius 1 is 1.24 bits per heavy atom. The summed E-state index contributed by atoms with van der Waals surface area (Å²) in [4.78, 5) is 23.2. The third-order valence-electron chi connectivity index (χ3n) is 3.11. The molecule has 1 atom stereocenters. The van der Waals surface area contributed by atoms with Gasteiger partial charge in [0.1, 0.15) is 0 Å². The fourth-order valence-electron chi connectivity index (χ4n) is 2.25. The first-order chi connectivity index (χ1) is 8.15. The summed E-state index contributed by atoms with van der Waals surface area (Å²) in [6, 6.07) is 0. The first kappa shape index (κ1) is 14.2. The number of ether oxygens (including phenoxy) is 2. The van der Waals surface area contributed by atoms with Crippen LogP contribution in [-0.4, -0.2) is 31.1 Å². The third kappa shape index (κ3) is 4.86. The van der Waals surface area contributed by atoms with Gasteiger partial charge in [-0.2, -0.15) is 0 Å². The predicted octanol–water partition coefficient (Wildman–Crippen LogP) is 2.10. The molecule has 17 heavy (non-hydrogen) atoms. The van der Waals surface area contributed by atoms with Gasteiger partial charge in [0, 0.05) is 19.4 Å². The molecule has 4 heteroatoms. The van der Waals surface area contributed by atoms with Crippen LogP contribution >= 0.6 is 0 Å². The van der Waals surface area contributed by atoms with E-state index in [4.69, 9.17) is 9.47 Å². The fourth-order valence-corrected chi connectivity index (χ4v) is 2.25. The Balaban J connectivity index is 2.53. The zero-order valence-electron chi connectivity index (χ0n) is 10.7. The molecule has 0 bridgehead atoms. The lowest BCUT2D eigenvalue weighted by Gasteiger charge is -2.24. The number of Topliss-reactive ketones (excluding diaryl/α,β-unsaturated/α-hetero) is 1. The van der Waals surface area contributed by atoms with Crippen LogP contribution < -0.4 is 0 Å². The van der Waals surface area contributed by atoms with Crippen LogP contribution in [0.15, 0.2) is 0 Å². The highest BCUT2D eigenvalue weighted by Crippen LogP contribution is 2.26. The molecule has 1 rings (SSSR count). The summed E-state index contributed by atoms with van der Waals surface area (Å²) in [5.41, 5.74) is 0. The van der Waals surface area contributed by atoms with Gasteiger partial charge in [0.25, 0.3) is 0 Å². The second-order valence-corrected chi connectivity index (χ2v) is 4.49. The second-order valence-electron chi connectivity index (χ2n) is 4.49. The SMILES string of the molecule is CCOCC(OC(C)=O)C(=O)C1CCCCC1. The summed E-state index contributed by atoms with van der Waals surface area (Å²) >= 11 is 0. The maximum atomic E-state index is 12.2. The minimum atomic E-state index is -0.712. The van der Waals surface area contributed by atoms with E-state index in [1.165, 1.54) is 13.3 Å². The summed E-state index contributed by atoms with van der Waals surface area (Å²) < 4.78 is 10.3. The van der Waals surface area contributed by atoms with Crippen molar-refractivity contribution >= 4 is 11.8 Å². The minimum absolute atomic E-state index is 0.0355. The van der Waals surface area contributed by atoms with Gasteiger partial charge in [-0.15, -0.1) is 0 Å². The normalized spacial score (nSPS) is 18.7. The average molecular weight is 242 g/mol. The Labute approximate surface area is 103 Å². The van der Waals surface area contributed by atoms with Crippen LogP contribution in [0.2, 0.25) is 0 Å². The summed E-state index contributed by atoms with van der Waals surface area (Å²) in [6.45, 7) is 3.89. The highest BCUT2D eigenvalue weighted by atomic mass is 16.6. The fraction of sp³-hybridized carbons (Fsp3) is 0.846. The molecule has 0 aromatic heterocycles. The van der Waals surface area contributed by atoms with E-state index in [0.717, 1.165) is 25.7 Å². The van der Waals surface area contributed by atoms with Crippen molar-refractivity contribution in [2.75, 3.05) is 13.2 Å². The lowest BCUT2D eigenvalue weighted by atomic mass is 9.84. The van der Waals surface area contributed by atoms with Crippen molar-refractivity contribution in [1.82, 2.24) is 0 Å². The zero-order chi connectivity index (χ0) is 12.7. The van der Waals surface area contributed by atoms with E-state index in [2.05, 4.69) is 0 Å². The average Bonchev–Trinajstić information content (AvgIpc) is 2.34. The van der Waals surface area contributed by atoms with Crippen molar-refractivity contribution in [2.45, 2.75) is 52.1 Å². The highest BCUT2D eigenvalue weighted by molar-refractivity contribution is 5.87. The van der Waals surface area contributed by atoms with Crippen LogP contribution in [0.5, 0.6) is 0 Å². The maximum Gasteiger partial charge on any atom is 0.303 e. The molecule has 0 radical (unpaired) electrons. The molecule has 1 unspecified atom stereocenters. The topological polar surface area (TPSA) is 52.6 Å². The largest absolute Gasteiger partial charge is 0.452 e. The van der Waals surface area contributed by atoms with Gasteiger partial charge in [-0.25, -0.2) is 0 Å². The molecule has 4 nitrogen and oxygen atoms in total. The van der Waals surface area contributed by atoms with E-state index >= 15 is 0 Å². The second kappa shape index (κ2) is 7.43. The van der Waals surface area contributed by atoms with E-state index in [1.54, 1.807) is 0 Å². The van der Waals surface area contributed by atoms with Gasteiger partial charge in [-0.1, -0.05) is 19.3 Å². The standard InChI is InChI=1S/C13H22O4/c1-3-16-9-12(17-10(2)14)13(15)11-7-5-4-6-8-11/h11-12H,3-9H2,1-2H3. The number of carbonyl (C=O) groups excluding carboxylic acids is 2. The number of carbonyl (C=O) groups is 2. The Kier molecular flexibility index (Phi) is 6.19. The maximum absolute atomic E-state index is 12.2. The van der Waals surface area contributed by atoms with Gasteiger partial charge >= 0.3 is 5.97 Å². The Morgan fingerprint density at radius 3 is 2.41 bits per heavy atom. The summed E-state index contributed by atoms with van der Waals surface area (Å²) in [6.07, 6.45) is 4.52. The molecule has 0 aromatic carbocycles. The number of hydrogen-bond acceptors (Lipinski definition) is 4. The van der Waals surface area contributed by atoms with E-state index in [-0.39, 0.29) is 18.3 Å². The molecule has 98 valence electrons. The van der Waals surface area contributed by atoms with Crippen LogP contribution in [0.1, 0.15) is 46.0 Å². The van der Waals surface area contributed by atoms with Crippen molar-refractivity contribution in [2.24, 2.45) is 5.92 Å². The quantitative estimate of drug-likeness (QED) is 0.669. The van der Waals surface area contributed by atoms with E-state index in [9.17, 15) is 9.59 Å². The molecule has 0 aromatic rings. The molecule has 0 saturated heterocycles. The molecule has 1 saturated carbocycles. The Hall–Kier alpha value is -0.900. The molecule has 0 spiro atoms. The van der Waals surface area contributed by atoms with Crippen LogP contribution in [0.3, 0.4) is 0 Å². The molecule has 1 fully saturated rings. The first-order valence-electron chi connectivity index (χ1n) is 6.43. The molecule has 0 amide bonds. The molecule has 1 aliphatic rings. The molecular weight excluding hydrogens is 220 g/mol. The van der Waals surface area contributed by atoms with Crippen molar-refractivity contribution < 1.29 is 19.1 Å². The van der Waals surface area contributed by atoms with Gasteiger partial charge in [-0.3, -0.25) is 9.59 Å². The van der Waals surface area contributed by atoms with E-state index < -0.39 is 12.1 Å². The minimum Gasteiger partial charge on any atom is -0.452 e. The van der Waals surface area contributed by atoms with E-state index in [0.29, 0.717) is 6.61 Å². The van der Waals surface area contributed by atoms with Crippen molar-refractivity contribution in [1.29, 1.82) is 0 Å². The lowest BCUT2D eigenvalue weighted by molar-refractivity contribution is -0.158. The van der Waals surface area contributed by atoms with Crippen LogP contribution in [0.25, 0.3) is 0 Å². The first-order valence-corrected chi connectivity index (χ1v) is 6.43.